The third kappa shape index (κ3) is 5.40. The predicted molar refractivity (Wildman–Crippen MR) is 84.3 cm³/mol. The summed E-state index contributed by atoms with van der Waals surface area (Å²) in [6.45, 7) is 9.70. The van der Waals surface area contributed by atoms with Gasteiger partial charge in [0.25, 0.3) is 5.88 Å². The van der Waals surface area contributed by atoms with Crippen LogP contribution in [0.2, 0.25) is 0 Å². The first-order valence-electron chi connectivity index (χ1n) is 7.65. The number of morpholine rings is 1. The van der Waals surface area contributed by atoms with Gasteiger partial charge in [-0.1, -0.05) is 0 Å². The van der Waals surface area contributed by atoms with Crippen LogP contribution in [0.1, 0.15) is 20.8 Å². The second kappa shape index (κ2) is 7.71. The molecule has 0 aliphatic carbocycles. The van der Waals surface area contributed by atoms with E-state index in [0.29, 0.717) is 31.5 Å². The van der Waals surface area contributed by atoms with E-state index in [1.807, 2.05) is 0 Å². The molecule has 0 amide bonds. The predicted octanol–water partition coefficient (Wildman–Crippen LogP) is 0.441. The molecule has 1 aromatic rings. The molecule has 0 spiro atoms. The zero-order chi connectivity index (χ0) is 16.0. The van der Waals surface area contributed by atoms with Crippen molar-refractivity contribution >= 4 is 5.82 Å². The van der Waals surface area contributed by atoms with Gasteiger partial charge in [0.15, 0.2) is 5.82 Å². The van der Waals surface area contributed by atoms with Crippen LogP contribution in [0.3, 0.4) is 0 Å². The molecule has 0 bridgehead atoms. The molecule has 1 atom stereocenters. The highest BCUT2D eigenvalue weighted by Gasteiger charge is 2.19. The summed E-state index contributed by atoms with van der Waals surface area (Å²) in [4.78, 5) is 10.7. The first kappa shape index (κ1) is 16.9. The van der Waals surface area contributed by atoms with Gasteiger partial charge in [-0.15, -0.1) is 0 Å². The number of aromatic nitrogens is 2. The molecular weight excluding hydrogens is 284 g/mol. The smallest absolute Gasteiger partial charge is 0.257 e. The molecule has 1 saturated heterocycles. The molecule has 0 radical (unpaired) electrons. The fourth-order valence-corrected chi connectivity index (χ4v) is 2.07. The molecule has 1 unspecified atom stereocenters. The van der Waals surface area contributed by atoms with Gasteiger partial charge in [-0.3, -0.25) is 0 Å². The largest absolute Gasteiger partial charge is 0.472 e. The third-order valence-corrected chi connectivity index (χ3v) is 3.24. The molecule has 0 aromatic carbocycles. The minimum absolute atomic E-state index is 0.0352. The number of hydrogen-bond acceptors (Lipinski definition) is 7. The molecule has 1 aliphatic heterocycles. The minimum atomic E-state index is -0.598. The van der Waals surface area contributed by atoms with Crippen molar-refractivity contribution in [1.82, 2.24) is 15.3 Å². The lowest BCUT2D eigenvalue weighted by molar-refractivity contribution is 0.0967. The Kier molecular flexibility index (Phi) is 5.93. The van der Waals surface area contributed by atoms with Gasteiger partial charge in [0.05, 0.1) is 13.2 Å². The highest BCUT2D eigenvalue weighted by Crippen LogP contribution is 2.23. The number of rotatable bonds is 6. The molecule has 2 N–H and O–H groups in total. The summed E-state index contributed by atoms with van der Waals surface area (Å²) < 4.78 is 11.0. The third-order valence-electron chi connectivity index (χ3n) is 3.24. The lowest BCUT2D eigenvalue weighted by Gasteiger charge is -2.28. The Hall–Kier alpha value is -1.44. The Morgan fingerprint density at radius 3 is 2.68 bits per heavy atom. The van der Waals surface area contributed by atoms with Gasteiger partial charge < -0.3 is 24.8 Å². The van der Waals surface area contributed by atoms with Crippen molar-refractivity contribution in [3.8, 4) is 5.88 Å². The van der Waals surface area contributed by atoms with Crippen LogP contribution < -0.4 is 15.0 Å². The zero-order valence-corrected chi connectivity index (χ0v) is 13.6. The first-order valence-corrected chi connectivity index (χ1v) is 7.65. The van der Waals surface area contributed by atoms with Gasteiger partial charge in [0, 0.05) is 37.6 Å². The van der Waals surface area contributed by atoms with E-state index in [4.69, 9.17) is 9.47 Å². The van der Waals surface area contributed by atoms with E-state index in [1.54, 1.807) is 12.4 Å². The van der Waals surface area contributed by atoms with E-state index in [9.17, 15) is 5.11 Å². The number of aliphatic hydroxyl groups is 1. The van der Waals surface area contributed by atoms with E-state index >= 15 is 0 Å². The standard InChI is InChI=1S/C15H26N4O3/c1-15(2,3)18-10-12(20)11-22-14-13(16-4-5-17-14)19-6-8-21-9-7-19/h4-5,12,18,20H,6-11H2,1-3H3. The lowest BCUT2D eigenvalue weighted by atomic mass is 10.1. The first-order chi connectivity index (χ1) is 10.5. The zero-order valence-electron chi connectivity index (χ0n) is 13.6. The van der Waals surface area contributed by atoms with E-state index in [0.717, 1.165) is 13.1 Å². The summed E-state index contributed by atoms with van der Waals surface area (Å²) in [5.41, 5.74) is -0.0352. The Bertz CT molecular complexity index is 458. The van der Waals surface area contributed by atoms with Crippen molar-refractivity contribution in [2.24, 2.45) is 0 Å². The SMILES string of the molecule is CC(C)(C)NCC(O)COc1nccnc1N1CCOCC1. The average molecular weight is 310 g/mol. The summed E-state index contributed by atoms with van der Waals surface area (Å²) >= 11 is 0. The maximum Gasteiger partial charge on any atom is 0.257 e. The molecule has 2 rings (SSSR count). The van der Waals surface area contributed by atoms with E-state index in [2.05, 4.69) is 41.0 Å². The van der Waals surface area contributed by atoms with E-state index in [1.165, 1.54) is 0 Å². The van der Waals surface area contributed by atoms with Crippen LogP contribution in [-0.4, -0.2) is 66.2 Å². The Morgan fingerprint density at radius 1 is 1.32 bits per heavy atom. The van der Waals surface area contributed by atoms with Crippen molar-refractivity contribution in [3.05, 3.63) is 12.4 Å². The van der Waals surface area contributed by atoms with Crippen LogP contribution in [0.25, 0.3) is 0 Å². The fraction of sp³-hybridized carbons (Fsp3) is 0.733. The van der Waals surface area contributed by atoms with E-state index < -0.39 is 6.10 Å². The number of β-amino-alcohol motifs (C(OH)–C–C–N with tert-alkyl or cyclic N) is 1. The number of nitrogens with zero attached hydrogens (tertiary/aromatic N) is 3. The highest BCUT2D eigenvalue weighted by atomic mass is 16.5. The van der Waals surface area contributed by atoms with Gasteiger partial charge >= 0.3 is 0 Å². The lowest BCUT2D eigenvalue weighted by Crippen LogP contribution is -2.42. The normalized spacial score (nSPS) is 17.4. The number of aliphatic hydroxyl groups excluding tert-OH is 1. The Balaban J connectivity index is 1.89. The molecule has 1 aromatic heterocycles. The van der Waals surface area contributed by atoms with Crippen molar-refractivity contribution in [2.75, 3.05) is 44.4 Å². The average Bonchev–Trinajstić information content (AvgIpc) is 2.51. The van der Waals surface area contributed by atoms with Crippen molar-refractivity contribution in [1.29, 1.82) is 0 Å². The molecule has 7 nitrogen and oxygen atoms in total. The van der Waals surface area contributed by atoms with Gasteiger partial charge in [-0.2, -0.15) is 0 Å². The van der Waals surface area contributed by atoms with Crippen LogP contribution in [0.5, 0.6) is 5.88 Å². The second-order valence-electron chi connectivity index (χ2n) is 6.38. The second-order valence-corrected chi connectivity index (χ2v) is 6.38. The topological polar surface area (TPSA) is 79.7 Å². The Morgan fingerprint density at radius 2 is 2.00 bits per heavy atom. The highest BCUT2D eigenvalue weighted by molar-refractivity contribution is 5.48. The molecule has 1 fully saturated rings. The van der Waals surface area contributed by atoms with Crippen LogP contribution in [0.15, 0.2) is 12.4 Å². The van der Waals surface area contributed by atoms with Crippen LogP contribution in [0, 0.1) is 0 Å². The monoisotopic (exact) mass is 310 g/mol. The van der Waals surface area contributed by atoms with Crippen molar-refractivity contribution < 1.29 is 14.6 Å². The summed E-state index contributed by atoms with van der Waals surface area (Å²) in [7, 11) is 0. The maximum absolute atomic E-state index is 10.0. The van der Waals surface area contributed by atoms with Crippen molar-refractivity contribution in [2.45, 2.75) is 32.4 Å². The number of hydrogen-bond donors (Lipinski definition) is 2. The van der Waals surface area contributed by atoms with Crippen molar-refractivity contribution in [3.63, 3.8) is 0 Å². The molecule has 22 heavy (non-hydrogen) atoms. The quantitative estimate of drug-likeness (QED) is 0.789. The van der Waals surface area contributed by atoms with Gasteiger partial charge in [0.1, 0.15) is 12.7 Å². The van der Waals surface area contributed by atoms with Gasteiger partial charge in [-0.05, 0) is 20.8 Å². The van der Waals surface area contributed by atoms with Gasteiger partial charge in [-0.25, -0.2) is 9.97 Å². The van der Waals surface area contributed by atoms with E-state index in [-0.39, 0.29) is 12.1 Å². The summed E-state index contributed by atoms with van der Waals surface area (Å²) in [6, 6.07) is 0. The van der Waals surface area contributed by atoms with Crippen LogP contribution >= 0.6 is 0 Å². The van der Waals surface area contributed by atoms with Crippen LogP contribution in [0.4, 0.5) is 5.82 Å². The number of nitrogens with one attached hydrogen (secondary N) is 1. The molecule has 124 valence electrons. The Labute approximate surface area is 131 Å². The number of ether oxygens (including phenoxy) is 2. The van der Waals surface area contributed by atoms with Crippen LogP contribution in [-0.2, 0) is 4.74 Å². The number of anilines is 1. The maximum atomic E-state index is 10.0. The summed E-state index contributed by atoms with van der Waals surface area (Å²) in [5, 5.41) is 13.2. The summed E-state index contributed by atoms with van der Waals surface area (Å²) in [5.74, 6) is 1.17. The molecule has 2 heterocycles. The fourth-order valence-electron chi connectivity index (χ4n) is 2.07. The molecular formula is C15H26N4O3. The molecule has 7 heteroatoms. The molecule has 0 saturated carbocycles. The van der Waals surface area contributed by atoms with Gasteiger partial charge in [0.2, 0.25) is 0 Å². The summed E-state index contributed by atoms with van der Waals surface area (Å²) in [6.07, 6.45) is 2.65. The molecule has 1 aliphatic rings. The minimum Gasteiger partial charge on any atom is -0.472 e.